The molecule has 6 heteroatoms. The van der Waals surface area contributed by atoms with Crippen LogP contribution in [-0.4, -0.2) is 34.9 Å². The van der Waals surface area contributed by atoms with Gasteiger partial charge < -0.3 is 19.9 Å². The Hall–Kier alpha value is -2.08. The number of nitrogens with one attached hydrogen (secondary N) is 1. The lowest BCUT2D eigenvalue weighted by atomic mass is 10.1. The van der Waals surface area contributed by atoms with Crippen molar-refractivity contribution < 1.29 is 24.2 Å². The zero-order chi connectivity index (χ0) is 16.8. The van der Waals surface area contributed by atoms with Gasteiger partial charge in [0.2, 0.25) is 0 Å². The van der Waals surface area contributed by atoms with Crippen LogP contribution >= 0.6 is 0 Å². The Labute approximate surface area is 130 Å². The Morgan fingerprint density at radius 2 is 1.82 bits per heavy atom. The Morgan fingerprint density at radius 1 is 1.23 bits per heavy atom. The minimum absolute atomic E-state index is 0.0769. The van der Waals surface area contributed by atoms with E-state index in [1.807, 2.05) is 51.1 Å². The summed E-state index contributed by atoms with van der Waals surface area (Å²) in [4.78, 5) is 23.0. The van der Waals surface area contributed by atoms with Gasteiger partial charge in [0.15, 0.2) is 6.04 Å². The minimum atomic E-state index is -1.18. The number of hydrogen-bond acceptors (Lipinski definition) is 4. The molecule has 2 N–H and O–H groups in total. The maximum absolute atomic E-state index is 11.7. The van der Waals surface area contributed by atoms with E-state index in [2.05, 4.69) is 5.32 Å². The van der Waals surface area contributed by atoms with Crippen molar-refractivity contribution >= 4 is 12.1 Å². The van der Waals surface area contributed by atoms with E-state index >= 15 is 0 Å². The quantitative estimate of drug-likeness (QED) is 0.843. The largest absolute Gasteiger partial charge is 0.480 e. The van der Waals surface area contributed by atoms with Crippen LogP contribution in [0.25, 0.3) is 0 Å². The van der Waals surface area contributed by atoms with E-state index < -0.39 is 29.8 Å². The van der Waals surface area contributed by atoms with Gasteiger partial charge in [-0.25, -0.2) is 9.59 Å². The van der Waals surface area contributed by atoms with E-state index in [9.17, 15) is 14.7 Å². The Balaban J connectivity index is 2.55. The molecule has 0 heterocycles. The standard InChI is InChI=1S/C16H23NO5/c1-11(22-16(2,3)4)13(14(18)19)17-15(20)21-10-12-8-6-5-7-9-12/h5-9,11,13H,10H2,1-4H3,(H,17,20)(H,18,19)/t11-,13-/m0/s1. The fraction of sp³-hybridized carbons (Fsp3) is 0.500. The van der Waals surface area contributed by atoms with Crippen LogP contribution < -0.4 is 5.32 Å². The number of aliphatic carboxylic acids is 1. The molecule has 0 radical (unpaired) electrons. The molecule has 2 atom stereocenters. The first-order chi connectivity index (χ1) is 10.2. The molecule has 122 valence electrons. The number of carbonyl (C=O) groups is 2. The summed E-state index contributed by atoms with van der Waals surface area (Å²) < 4.78 is 10.6. The molecule has 1 amide bonds. The summed E-state index contributed by atoms with van der Waals surface area (Å²) in [5, 5.41) is 11.5. The van der Waals surface area contributed by atoms with E-state index in [0.29, 0.717) is 0 Å². The highest BCUT2D eigenvalue weighted by molar-refractivity contribution is 5.80. The number of alkyl carbamates (subject to hydrolysis) is 1. The Bertz CT molecular complexity index is 495. The van der Waals surface area contributed by atoms with Gasteiger partial charge in [0.1, 0.15) is 6.61 Å². The van der Waals surface area contributed by atoms with Gasteiger partial charge in [-0.05, 0) is 33.3 Å². The van der Waals surface area contributed by atoms with Crippen LogP contribution in [0.3, 0.4) is 0 Å². The molecular formula is C16H23NO5. The predicted molar refractivity (Wildman–Crippen MR) is 81.5 cm³/mol. The topological polar surface area (TPSA) is 84.9 Å². The molecule has 0 aliphatic heterocycles. The first-order valence-corrected chi connectivity index (χ1v) is 7.07. The van der Waals surface area contributed by atoms with Crippen LogP contribution in [0.5, 0.6) is 0 Å². The number of rotatable bonds is 6. The second-order valence-corrected chi connectivity index (χ2v) is 5.96. The molecule has 0 aliphatic rings. The van der Waals surface area contributed by atoms with Crippen molar-refractivity contribution in [3.63, 3.8) is 0 Å². The third-order valence-corrected chi connectivity index (χ3v) is 2.76. The molecule has 0 fully saturated rings. The molecule has 6 nitrogen and oxygen atoms in total. The molecule has 1 rings (SSSR count). The number of ether oxygens (including phenoxy) is 2. The fourth-order valence-corrected chi connectivity index (χ4v) is 1.90. The first kappa shape index (κ1) is 18.0. The smallest absolute Gasteiger partial charge is 0.408 e. The van der Waals surface area contributed by atoms with Crippen LogP contribution in [0.1, 0.15) is 33.3 Å². The van der Waals surface area contributed by atoms with E-state index in [0.717, 1.165) is 5.56 Å². The maximum Gasteiger partial charge on any atom is 0.408 e. The summed E-state index contributed by atoms with van der Waals surface area (Å²) in [5.41, 5.74) is 0.312. The van der Waals surface area contributed by atoms with Gasteiger partial charge in [0.05, 0.1) is 11.7 Å². The van der Waals surface area contributed by atoms with Gasteiger partial charge in [0.25, 0.3) is 0 Å². The molecule has 0 bridgehead atoms. The lowest BCUT2D eigenvalue weighted by Crippen LogP contribution is -2.50. The Morgan fingerprint density at radius 3 is 2.32 bits per heavy atom. The predicted octanol–water partition coefficient (Wildman–Crippen LogP) is 2.57. The normalized spacial score (nSPS) is 14.0. The van der Waals surface area contributed by atoms with E-state index in [1.165, 1.54) is 0 Å². The second-order valence-electron chi connectivity index (χ2n) is 5.96. The van der Waals surface area contributed by atoms with Gasteiger partial charge in [-0.3, -0.25) is 0 Å². The SMILES string of the molecule is C[C@H](OC(C)(C)C)[C@H](NC(=O)OCc1ccccc1)C(=O)O. The zero-order valence-electron chi connectivity index (χ0n) is 13.3. The van der Waals surface area contributed by atoms with Crippen LogP contribution in [0, 0.1) is 0 Å². The van der Waals surface area contributed by atoms with Gasteiger partial charge >= 0.3 is 12.1 Å². The van der Waals surface area contributed by atoms with Crippen molar-refractivity contribution in [2.24, 2.45) is 0 Å². The fourth-order valence-electron chi connectivity index (χ4n) is 1.90. The third kappa shape index (κ3) is 6.58. The number of carboxylic acids is 1. The molecule has 22 heavy (non-hydrogen) atoms. The average molecular weight is 309 g/mol. The summed E-state index contributed by atoms with van der Waals surface area (Å²) in [6, 6.07) is 7.96. The maximum atomic E-state index is 11.7. The molecule has 0 saturated carbocycles. The number of amides is 1. The van der Waals surface area contributed by atoms with Crippen molar-refractivity contribution in [2.45, 2.75) is 52.0 Å². The van der Waals surface area contributed by atoms with Crippen LogP contribution in [0.15, 0.2) is 30.3 Å². The van der Waals surface area contributed by atoms with Crippen molar-refractivity contribution in [2.75, 3.05) is 0 Å². The van der Waals surface area contributed by atoms with Crippen molar-refractivity contribution in [1.29, 1.82) is 0 Å². The van der Waals surface area contributed by atoms with Crippen molar-refractivity contribution in [1.82, 2.24) is 5.32 Å². The lowest BCUT2D eigenvalue weighted by molar-refractivity contribution is -0.147. The second kappa shape index (κ2) is 7.79. The third-order valence-electron chi connectivity index (χ3n) is 2.76. The molecule has 1 aromatic rings. The molecule has 0 aliphatic carbocycles. The van der Waals surface area contributed by atoms with Crippen LogP contribution in [0.2, 0.25) is 0 Å². The average Bonchev–Trinajstić information content (AvgIpc) is 2.41. The molecule has 0 aromatic heterocycles. The molecular weight excluding hydrogens is 286 g/mol. The summed E-state index contributed by atoms with van der Waals surface area (Å²) >= 11 is 0. The van der Waals surface area contributed by atoms with Gasteiger partial charge in [-0.1, -0.05) is 30.3 Å². The monoisotopic (exact) mass is 309 g/mol. The van der Waals surface area contributed by atoms with E-state index in [-0.39, 0.29) is 6.61 Å². The van der Waals surface area contributed by atoms with Gasteiger partial charge in [0, 0.05) is 0 Å². The first-order valence-electron chi connectivity index (χ1n) is 7.07. The van der Waals surface area contributed by atoms with E-state index in [1.54, 1.807) is 6.92 Å². The van der Waals surface area contributed by atoms with Gasteiger partial charge in [-0.15, -0.1) is 0 Å². The molecule has 1 aromatic carbocycles. The Kier molecular flexibility index (Phi) is 6.37. The van der Waals surface area contributed by atoms with Gasteiger partial charge in [-0.2, -0.15) is 0 Å². The highest BCUT2D eigenvalue weighted by atomic mass is 16.6. The number of benzene rings is 1. The molecule has 0 saturated heterocycles. The lowest BCUT2D eigenvalue weighted by Gasteiger charge is -2.29. The number of hydrogen-bond donors (Lipinski definition) is 2. The van der Waals surface area contributed by atoms with Crippen molar-refractivity contribution in [3.05, 3.63) is 35.9 Å². The molecule has 0 unspecified atom stereocenters. The van der Waals surface area contributed by atoms with Crippen molar-refractivity contribution in [3.8, 4) is 0 Å². The minimum Gasteiger partial charge on any atom is -0.480 e. The number of carboxylic acid groups (broad SMARTS) is 1. The summed E-state index contributed by atoms with van der Waals surface area (Å²) in [5.74, 6) is -1.17. The van der Waals surface area contributed by atoms with Crippen LogP contribution in [0.4, 0.5) is 4.79 Å². The molecule has 0 spiro atoms. The van der Waals surface area contributed by atoms with Crippen LogP contribution in [-0.2, 0) is 20.9 Å². The zero-order valence-corrected chi connectivity index (χ0v) is 13.3. The summed E-state index contributed by atoms with van der Waals surface area (Å²) in [7, 11) is 0. The number of carbonyl (C=O) groups excluding carboxylic acids is 1. The summed E-state index contributed by atoms with van der Waals surface area (Å²) in [6.07, 6.45) is -1.48. The summed E-state index contributed by atoms with van der Waals surface area (Å²) in [6.45, 7) is 7.12. The highest BCUT2D eigenvalue weighted by Gasteiger charge is 2.30. The van der Waals surface area contributed by atoms with E-state index in [4.69, 9.17) is 9.47 Å². The highest BCUT2D eigenvalue weighted by Crippen LogP contribution is 2.13.